The number of hydrogen-bond donors (Lipinski definition) is 3. The van der Waals surface area contributed by atoms with Gasteiger partial charge in [0.25, 0.3) is 0 Å². The maximum absolute atomic E-state index is 11.4. The molecule has 1 rings (SSSR count). The van der Waals surface area contributed by atoms with Crippen LogP contribution in [0.15, 0.2) is 0 Å². The molecule has 4 N–H and O–H groups in total. The van der Waals surface area contributed by atoms with E-state index in [4.69, 9.17) is 10.5 Å². The lowest BCUT2D eigenvalue weighted by Gasteiger charge is -2.06. The van der Waals surface area contributed by atoms with Crippen LogP contribution in [-0.4, -0.2) is 37.1 Å². The van der Waals surface area contributed by atoms with Crippen molar-refractivity contribution in [1.82, 2.24) is 9.69 Å². The van der Waals surface area contributed by atoms with Crippen molar-refractivity contribution in [3.8, 4) is 0 Å². The summed E-state index contributed by atoms with van der Waals surface area (Å²) in [6.07, 6.45) is 0.418. The van der Waals surface area contributed by atoms with Gasteiger partial charge in [-0.2, -0.15) is 4.37 Å². The SMILES string of the molecule is COCCNC(=O)CCNc1snc(N)c1C. The van der Waals surface area contributed by atoms with E-state index < -0.39 is 0 Å². The molecule has 1 aromatic rings. The van der Waals surface area contributed by atoms with Gasteiger partial charge in [-0.3, -0.25) is 4.79 Å². The molecule has 0 fully saturated rings. The van der Waals surface area contributed by atoms with Gasteiger partial charge in [-0.15, -0.1) is 0 Å². The molecule has 0 saturated heterocycles. The number of anilines is 2. The molecular formula is C10H18N4O2S. The number of aromatic nitrogens is 1. The minimum Gasteiger partial charge on any atom is -0.383 e. The van der Waals surface area contributed by atoms with Crippen molar-refractivity contribution in [3.63, 3.8) is 0 Å². The Kier molecular flexibility index (Phi) is 5.71. The highest BCUT2D eigenvalue weighted by atomic mass is 32.1. The Morgan fingerprint density at radius 3 is 2.88 bits per heavy atom. The fourth-order valence-electron chi connectivity index (χ4n) is 1.18. The highest BCUT2D eigenvalue weighted by molar-refractivity contribution is 7.10. The number of nitrogens with one attached hydrogen (secondary N) is 2. The van der Waals surface area contributed by atoms with Gasteiger partial charge in [0.05, 0.1) is 6.61 Å². The van der Waals surface area contributed by atoms with Gasteiger partial charge in [0.2, 0.25) is 5.91 Å². The molecule has 1 aromatic heterocycles. The van der Waals surface area contributed by atoms with E-state index in [1.807, 2.05) is 6.92 Å². The molecule has 6 nitrogen and oxygen atoms in total. The van der Waals surface area contributed by atoms with Crippen LogP contribution in [0.2, 0.25) is 0 Å². The first kappa shape index (κ1) is 13.7. The van der Waals surface area contributed by atoms with Crippen LogP contribution in [0.1, 0.15) is 12.0 Å². The molecule has 0 aliphatic heterocycles. The Morgan fingerprint density at radius 1 is 1.53 bits per heavy atom. The summed E-state index contributed by atoms with van der Waals surface area (Å²) in [7, 11) is 1.60. The number of nitrogen functional groups attached to an aromatic ring is 1. The summed E-state index contributed by atoms with van der Waals surface area (Å²) in [4.78, 5) is 11.4. The van der Waals surface area contributed by atoms with Gasteiger partial charge < -0.3 is 21.1 Å². The van der Waals surface area contributed by atoms with Crippen molar-refractivity contribution >= 4 is 28.3 Å². The summed E-state index contributed by atoms with van der Waals surface area (Å²) in [5, 5.41) is 6.81. The third-order valence-corrected chi connectivity index (χ3v) is 3.15. The molecule has 0 bridgehead atoms. The smallest absolute Gasteiger partial charge is 0.221 e. The van der Waals surface area contributed by atoms with Crippen molar-refractivity contribution in [3.05, 3.63) is 5.56 Å². The Bertz CT molecular complexity index is 367. The van der Waals surface area contributed by atoms with Gasteiger partial charge in [0, 0.05) is 32.2 Å². The minimum atomic E-state index is 0.00434. The number of rotatable bonds is 7. The van der Waals surface area contributed by atoms with Crippen LogP contribution in [0, 0.1) is 6.92 Å². The predicted molar refractivity (Wildman–Crippen MR) is 69.3 cm³/mol. The Morgan fingerprint density at radius 2 is 2.29 bits per heavy atom. The van der Waals surface area contributed by atoms with Crippen LogP contribution >= 0.6 is 11.5 Å². The monoisotopic (exact) mass is 258 g/mol. The first-order valence-corrected chi connectivity index (χ1v) is 6.13. The van der Waals surface area contributed by atoms with E-state index in [-0.39, 0.29) is 5.91 Å². The number of methoxy groups -OCH3 is 1. The second kappa shape index (κ2) is 7.08. The Balaban J connectivity index is 2.19. The molecule has 0 saturated carbocycles. The van der Waals surface area contributed by atoms with Crippen molar-refractivity contribution < 1.29 is 9.53 Å². The van der Waals surface area contributed by atoms with Gasteiger partial charge in [-0.05, 0) is 18.5 Å². The zero-order valence-corrected chi connectivity index (χ0v) is 10.9. The number of carbonyl (C=O) groups excluding carboxylic acids is 1. The highest BCUT2D eigenvalue weighted by Gasteiger charge is 2.06. The van der Waals surface area contributed by atoms with Crippen LogP contribution < -0.4 is 16.4 Å². The third kappa shape index (κ3) is 4.58. The first-order chi connectivity index (χ1) is 8.15. The summed E-state index contributed by atoms with van der Waals surface area (Å²) in [6.45, 7) is 3.55. The van der Waals surface area contributed by atoms with E-state index in [1.54, 1.807) is 7.11 Å². The van der Waals surface area contributed by atoms with Crippen LogP contribution in [0.3, 0.4) is 0 Å². The van der Waals surface area contributed by atoms with Gasteiger partial charge in [0.15, 0.2) is 0 Å². The molecule has 0 radical (unpaired) electrons. The van der Waals surface area contributed by atoms with Crippen molar-refractivity contribution in [1.29, 1.82) is 0 Å². The fourth-order valence-corrected chi connectivity index (χ4v) is 1.92. The Hall–Kier alpha value is -1.34. The van der Waals surface area contributed by atoms with E-state index in [0.717, 1.165) is 10.6 Å². The zero-order valence-electron chi connectivity index (χ0n) is 10.1. The van der Waals surface area contributed by atoms with Gasteiger partial charge >= 0.3 is 0 Å². The fraction of sp³-hybridized carbons (Fsp3) is 0.600. The predicted octanol–water partition coefficient (Wildman–Crippen LogP) is 0.598. The molecule has 0 aliphatic carbocycles. The van der Waals surface area contributed by atoms with Crippen LogP contribution in [0.25, 0.3) is 0 Å². The number of nitrogens with zero attached hydrogens (tertiary/aromatic N) is 1. The lowest BCUT2D eigenvalue weighted by atomic mass is 10.3. The second-order valence-corrected chi connectivity index (χ2v) is 4.31. The summed E-state index contributed by atoms with van der Waals surface area (Å²) >= 11 is 1.31. The van der Waals surface area contributed by atoms with Crippen molar-refractivity contribution in [2.45, 2.75) is 13.3 Å². The largest absolute Gasteiger partial charge is 0.383 e. The molecule has 7 heteroatoms. The topological polar surface area (TPSA) is 89.3 Å². The molecule has 96 valence electrons. The summed E-state index contributed by atoms with van der Waals surface area (Å²) in [5.41, 5.74) is 6.56. The molecule has 0 aromatic carbocycles. The van der Waals surface area contributed by atoms with E-state index in [2.05, 4.69) is 15.0 Å². The second-order valence-electron chi connectivity index (χ2n) is 3.54. The van der Waals surface area contributed by atoms with Gasteiger partial charge in [-0.25, -0.2) is 0 Å². The highest BCUT2D eigenvalue weighted by Crippen LogP contribution is 2.24. The lowest BCUT2D eigenvalue weighted by molar-refractivity contribution is -0.121. The number of hydrogen-bond acceptors (Lipinski definition) is 6. The average Bonchev–Trinajstić information content (AvgIpc) is 2.61. The van der Waals surface area contributed by atoms with Gasteiger partial charge in [-0.1, -0.05) is 0 Å². The van der Waals surface area contributed by atoms with Crippen LogP contribution in [-0.2, 0) is 9.53 Å². The molecule has 0 unspecified atom stereocenters. The van der Waals surface area contributed by atoms with E-state index in [0.29, 0.717) is 31.9 Å². The first-order valence-electron chi connectivity index (χ1n) is 5.36. The zero-order chi connectivity index (χ0) is 12.7. The van der Waals surface area contributed by atoms with Crippen LogP contribution in [0.4, 0.5) is 10.8 Å². The minimum absolute atomic E-state index is 0.00434. The number of nitrogens with two attached hydrogens (primary N) is 1. The molecule has 17 heavy (non-hydrogen) atoms. The molecular weight excluding hydrogens is 240 g/mol. The molecule has 1 heterocycles. The quantitative estimate of drug-likeness (QED) is 0.623. The Labute approximate surface area is 105 Å². The average molecular weight is 258 g/mol. The van der Waals surface area contributed by atoms with Crippen molar-refractivity contribution in [2.24, 2.45) is 0 Å². The summed E-state index contributed by atoms with van der Waals surface area (Å²) in [5.74, 6) is 0.548. The van der Waals surface area contributed by atoms with Gasteiger partial charge in [0.1, 0.15) is 10.8 Å². The van der Waals surface area contributed by atoms with E-state index in [9.17, 15) is 4.79 Å². The number of ether oxygens (including phenoxy) is 1. The molecule has 1 amide bonds. The summed E-state index contributed by atoms with van der Waals surface area (Å²) in [6, 6.07) is 0. The third-order valence-electron chi connectivity index (χ3n) is 2.23. The maximum atomic E-state index is 11.4. The molecule has 0 atom stereocenters. The normalized spacial score (nSPS) is 10.2. The lowest BCUT2D eigenvalue weighted by Crippen LogP contribution is -2.28. The molecule has 0 aliphatic rings. The van der Waals surface area contributed by atoms with Crippen molar-refractivity contribution in [2.75, 3.05) is 37.9 Å². The van der Waals surface area contributed by atoms with Crippen LogP contribution in [0.5, 0.6) is 0 Å². The number of amides is 1. The molecule has 0 spiro atoms. The van der Waals surface area contributed by atoms with E-state index >= 15 is 0 Å². The number of carbonyl (C=O) groups is 1. The van der Waals surface area contributed by atoms with E-state index in [1.165, 1.54) is 11.5 Å². The summed E-state index contributed by atoms with van der Waals surface area (Å²) < 4.78 is 8.85. The standard InChI is InChI=1S/C10H18N4O2S/c1-7-9(11)14-17-10(7)13-4-3-8(15)12-5-6-16-2/h13H,3-6H2,1-2H3,(H2,11,14)(H,12,15). The maximum Gasteiger partial charge on any atom is 0.221 e.